The number of aromatic nitrogens is 2. The molecule has 0 saturated heterocycles. The molecule has 3 aromatic rings. The van der Waals surface area contributed by atoms with Crippen LogP contribution in [0.3, 0.4) is 0 Å². The van der Waals surface area contributed by atoms with Crippen molar-refractivity contribution in [2.45, 2.75) is 13.2 Å². The molecule has 1 aliphatic rings. The van der Waals surface area contributed by atoms with Gasteiger partial charge >= 0.3 is 13.5 Å². The van der Waals surface area contributed by atoms with Crippen molar-refractivity contribution in [2.24, 2.45) is 0 Å². The molecular weight excluding hydrogens is 420 g/mol. The number of nitrogens with zero attached hydrogens (tertiary/aromatic N) is 1. The van der Waals surface area contributed by atoms with Gasteiger partial charge in [0.25, 0.3) is 5.56 Å². The second kappa shape index (κ2) is 7.07. The summed E-state index contributed by atoms with van der Waals surface area (Å²) in [5.41, 5.74) is -1.99. The van der Waals surface area contributed by atoms with E-state index in [1.54, 1.807) is 4.98 Å². The largest absolute Gasteiger partial charge is 0.530 e. The van der Waals surface area contributed by atoms with Gasteiger partial charge in [-0.2, -0.15) is 4.39 Å². The van der Waals surface area contributed by atoms with Gasteiger partial charge in [-0.3, -0.25) is 18.8 Å². The lowest BCUT2D eigenvalue weighted by Crippen LogP contribution is -2.30. The van der Waals surface area contributed by atoms with Crippen LogP contribution >= 0.6 is 7.82 Å². The second-order valence-corrected chi connectivity index (χ2v) is 7.41. The maximum Gasteiger partial charge on any atom is 0.530 e. The lowest BCUT2D eigenvalue weighted by molar-refractivity contribution is 0.118. The van der Waals surface area contributed by atoms with Crippen LogP contribution in [-0.2, 0) is 26.8 Å². The minimum atomic E-state index is -4.14. The van der Waals surface area contributed by atoms with Crippen molar-refractivity contribution in [3.8, 4) is 11.6 Å². The first-order chi connectivity index (χ1) is 13.7. The summed E-state index contributed by atoms with van der Waals surface area (Å²) in [5.74, 6) is -3.67. The maximum absolute atomic E-state index is 13.5. The highest BCUT2D eigenvalue weighted by atomic mass is 31.2. The number of fused-ring (bicyclic) bond motifs is 1. The van der Waals surface area contributed by atoms with E-state index in [0.29, 0.717) is 10.8 Å². The average molecular weight is 430 g/mol. The van der Waals surface area contributed by atoms with E-state index < -0.39 is 43.1 Å². The maximum atomic E-state index is 13.5. The fourth-order valence-corrected chi connectivity index (χ4v) is 3.60. The van der Waals surface area contributed by atoms with Gasteiger partial charge in [0.05, 0.1) is 12.8 Å². The number of hydrogen-bond donors (Lipinski definition) is 1. The molecule has 1 atom stereocenters. The number of phosphoric acid groups is 1. The third kappa shape index (κ3) is 3.77. The number of furan rings is 1. The van der Waals surface area contributed by atoms with E-state index in [9.17, 15) is 27.3 Å². The predicted molar refractivity (Wildman–Crippen MR) is 89.1 cm³/mol. The summed E-state index contributed by atoms with van der Waals surface area (Å²) in [6.07, 6.45) is 0.617. The summed E-state index contributed by atoms with van der Waals surface area (Å²) >= 11 is 0. The molecule has 29 heavy (non-hydrogen) atoms. The molecule has 0 aliphatic carbocycles. The molecule has 0 spiro atoms. The van der Waals surface area contributed by atoms with Crippen LogP contribution in [0.15, 0.2) is 44.5 Å². The van der Waals surface area contributed by atoms with Crippen LogP contribution in [0.2, 0.25) is 0 Å². The van der Waals surface area contributed by atoms with Gasteiger partial charge in [-0.15, -0.1) is 0 Å². The van der Waals surface area contributed by atoms with Gasteiger partial charge in [-0.1, -0.05) is 6.07 Å². The Morgan fingerprint density at radius 1 is 1.14 bits per heavy atom. The Kier molecular flexibility index (Phi) is 4.69. The zero-order valence-corrected chi connectivity index (χ0v) is 15.1. The quantitative estimate of drug-likeness (QED) is 0.634. The van der Waals surface area contributed by atoms with Crippen LogP contribution in [0.4, 0.5) is 13.2 Å². The van der Waals surface area contributed by atoms with Gasteiger partial charge in [0.1, 0.15) is 6.61 Å². The van der Waals surface area contributed by atoms with Gasteiger partial charge in [-0.05, 0) is 17.7 Å². The van der Waals surface area contributed by atoms with Crippen LogP contribution in [0.1, 0.15) is 11.3 Å². The zero-order valence-electron chi connectivity index (χ0n) is 14.2. The topological polar surface area (TPSA) is 113 Å². The smallest absolute Gasteiger partial charge is 0.438 e. The Hall–Kier alpha value is -3.08. The molecule has 13 heteroatoms. The van der Waals surface area contributed by atoms with Crippen molar-refractivity contribution < 1.29 is 35.7 Å². The molecule has 0 saturated carbocycles. The van der Waals surface area contributed by atoms with Crippen molar-refractivity contribution in [3.63, 3.8) is 0 Å². The molecule has 1 aromatic carbocycles. The molecule has 2 aromatic heterocycles. The molecule has 3 heterocycles. The minimum Gasteiger partial charge on any atom is -0.438 e. The minimum absolute atomic E-state index is 0.0291. The summed E-state index contributed by atoms with van der Waals surface area (Å²) in [4.78, 5) is 24.7. The lowest BCUT2D eigenvalue weighted by atomic mass is 10.2. The number of halogens is 3. The van der Waals surface area contributed by atoms with Crippen LogP contribution < -0.4 is 15.8 Å². The average Bonchev–Trinajstić information content (AvgIpc) is 3.08. The molecule has 1 aliphatic heterocycles. The predicted octanol–water partition coefficient (Wildman–Crippen LogP) is 2.77. The van der Waals surface area contributed by atoms with Gasteiger partial charge in [0, 0.05) is 6.07 Å². The van der Waals surface area contributed by atoms with E-state index in [-0.39, 0.29) is 29.6 Å². The van der Waals surface area contributed by atoms with Crippen molar-refractivity contribution in [1.82, 2.24) is 9.55 Å². The van der Waals surface area contributed by atoms with E-state index in [1.165, 1.54) is 6.07 Å². The van der Waals surface area contributed by atoms with Gasteiger partial charge in [0.15, 0.2) is 23.1 Å². The molecule has 1 N–H and O–H groups in total. The molecule has 1 unspecified atom stereocenters. The number of benzene rings is 1. The molecule has 0 bridgehead atoms. The monoisotopic (exact) mass is 430 g/mol. The third-order valence-electron chi connectivity index (χ3n) is 3.83. The van der Waals surface area contributed by atoms with Crippen LogP contribution in [0.25, 0.3) is 5.88 Å². The number of hydrogen-bond acceptors (Lipinski definition) is 7. The SMILES string of the molecule is O=c1[nH]c(=O)n(-c2cc3c(o2)COP(=O)(OCc2ccc(F)c(F)c2)O3)cc1F. The molecule has 0 fully saturated rings. The Morgan fingerprint density at radius 2 is 1.93 bits per heavy atom. The number of rotatable bonds is 4. The van der Waals surface area contributed by atoms with Crippen molar-refractivity contribution in [1.29, 1.82) is 0 Å². The number of aromatic amines is 1. The van der Waals surface area contributed by atoms with Crippen molar-refractivity contribution in [3.05, 3.63) is 80.1 Å². The normalized spacial score (nSPS) is 18.3. The third-order valence-corrected chi connectivity index (χ3v) is 5.14. The first-order valence-electron chi connectivity index (χ1n) is 7.91. The van der Waals surface area contributed by atoms with Crippen LogP contribution in [0.5, 0.6) is 5.75 Å². The lowest BCUT2D eigenvalue weighted by Gasteiger charge is -2.21. The number of phosphoric ester groups is 1. The molecular formula is C16H10F3N2O7P. The van der Waals surface area contributed by atoms with E-state index in [0.717, 1.165) is 18.2 Å². The highest BCUT2D eigenvalue weighted by Crippen LogP contribution is 2.55. The Balaban J connectivity index is 1.55. The Morgan fingerprint density at radius 3 is 2.69 bits per heavy atom. The fourth-order valence-electron chi connectivity index (χ4n) is 2.44. The molecule has 9 nitrogen and oxygen atoms in total. The van der Waals surface area contributed by atoms with Gasteiger partial charge in [-0.25, -0.2) is 22.7 Å². The van der Waals surface area contributed by atoms with Crippen molar-refractivity contribution >= 4 is 7.82 Å². The van der Waals surface area contributed by atoms with E-state index in [4.69, 9.17) is 18.0 Å². The summed E-state index contributed by atoms with van der Waals surface area (Å²) in [6.45, 7) is -0.774. The zero-order chi connectivity index (χ0) is 20.8. The summed E-state index contributed by atoms with van der Waals surface area (Å²) in [6, 6.07) is 4.11. The number of H-pyrrole nitrogens is 1. The summed E-state index contributed by atoms with van der Waals surface area (Å²) in [5, 5.41) is 0. The fraction of sp³-hybridized carbons (Fsp3) is 0.125. The second-order valence-electron chi connectivity index (χ2n) is 5.81. The van der Waals surface area contributed by atoms with Gasteiger partial charge in [0.2, 0.25) is 11.7 Å². The Labute approximate surface area is 158 Å². The van der Waals surface area contributed by atoms with Crippen LogP contribution in [0, 0.1) is 17.5 Å². The van der Waals surface area contributed by atoms with E-state index in [1.807, 2.05) is 0 Å². The first kappa shape index (κ1) is 19.2. The summed E-state index contributed by atoms with van der Waals surface area (Å²) in [7, 11) is -4.14. The molecule has 0 amide bonds. The molecule has 152 valence electrons. The first-order valence-corrected chi connectivity index (χ1v) is 9.37. The van der Waals surface area contributed by atoms with Gasteiger partial charge < -0.3 is 8.94 Å². The van der Waals surface area contributed by atoms with Crippen LogP contribution in [-0.4, -0.2) is 9.55 Å². The van der Waals surface area contributed by atoms with E-state index >= 15 is 0 Å². The molecule has 4 rings (SSSR count). The highest BCUT2D eigenvalue weighted by Gasteiger charge is 2.37. The summed E-state index contributed by atoms with van der Waals surface area (Å²) < 4.78 is 73.5. The standard InChI is InChI=1S/C16H10F3N2O7P/c17-9-2-1-8(3-10(9)18)6-25-29(24)26-7-13-12(28-29)4-14(27-13)21-5-11(19)15(22)20-16(21)23/h1-5H,6-7H2,(H,20,22,23). The number of nitrogens with one attached hydrogen (secondary N) is 1. The Bertz CT molecular complexity index is 1270. The highest BCUT2D eigenvalue weighted by molar-refractivity contribution is 7.49. The van der Waals surface area contributed by atoms with Crippen molar-refractivity contribution in [2.75, 3.05) is 0 Å². The van der Waals surface area contributed by atoms with E-state index in [2.05, 4.69) is 0 Å². The molecule has 0 radical (unpaired) electrons.